The van der Waals surface area contributed by atoms with E-state index in [0.29, 0.717) is 5.56 Å². The highest BCUT2D eigenvalue weighted by atomic mass is 19.1. The van der Waals surface area contributed by atoms with Gasteiger partial charge in [-0.2, -0.15) is 5.10 Å². The third-order valence-corrected chi connectivity index (χ3v) is 2.79. The average molecular weight is 302 g/mol. The number of carbonyl (C=O) groups is 1. The van der Waals surface area contributed by atoms with Crippen LogP contribution in [0.2, 0.25) is 0 Å². The van der Waals surface area contributed by atoms with Crippen LogP contribution in [0.15, 0.2) is 53.6 Å². The maximum atomic E-state index is 13.0. The Morgan fingerprint density at radius 3 is 2.82 bits per heavy atom. The molecule has 5 nitrogen and oxygen atoms in total. The van der Waals surface area contributed by atoms with Gasteiger partial charge in [0.25, 0.3) is 5.91 Å². The molecule has 0 heterocycles. The van der Waals surface area contributed by atoms with Gasteiger partial charge in [-0.1, -0.05) is 18.2 Å². The van der Waals surface area contributed by atoms with E-state index in [1.165, 1.54) is 37.4 Å². The molecule has 0 saturated heterocycles. The Morgan fingerprint density at radius 1 is 1.32 bits per heavy atom. The molecule has 2 rings (SSSR count). The van der Waals surface area contributed by atoms with Crippen LogP contribution in [0.25, 0.3) is 0 Å². The third-order valence-electron chi connectivity index (χ3n) is 2.79. The van der Waals surface area contributed by atoms with Crippen LogP contribution in [0.1, 0.15) is 12.5 Å². The second kappa shape index (κ2) is 7.21. The number of carbonyl (C=O) groups excluding carboxylic acids is 1. The van der Waals surface area contributed by atoms with Gasteiger partial charge in [-0.3, -0.25) is 4.79 Å². The van der Waals surface area contributed by atoms with Crippen LogP contribution in [0.3, 0.4) is 0 Å². The van der Waals surface area contributed by atoms with E-state index in [1.807, 2.05) is 0 Å². The zero-order valence-corrected chi connectivity index (χ0v) is 11.9. The number of nitrogens with zero attached hydrogens (tertiary/aromatic N) is 1. The predicted octanol–water partition coefficient (Wildman–Crippen LogP) is 2.45. The van der Waals surface area contributed by atoms with Gasteiger partial charge in [0, 0.05) is 11.6 Å². The normalized spacial score (nSPS) is 12.1. The van der Waals surface area contributed by atoms with Gasteiger partial charge in [-0.25, -0.2) is 9.82 Å². The lowest BCUT2D eigenvalue weighted by molar-refractivity contribution is -0.127. The summed E-state index contributed by atoms with van der Waals surface area (Å²) in [6, 6.07) is 12.1. The Balaban J connectivity index is 1.90. The largest absolute Gasteiger partial charge is 0.507 e. The van der Waals surface area contributed by atoms with E-state index in [2.05, 4.69) is 10.5 Å². The predicted molar refractivity (Wildman–Crippen MR) is 80.3 cm³/mol. The molecule has 2 N–H and O–H groups in total. The van der Waals surface area contributed by atoms with Crippen LogP contribution in [-0.2, 0) is 4.79 Å². The van der Waals surface area contributed by atoms with Gasteiger partial charge >= 0.3 is 0 Å². The molecule has 1 atom stereocenters. The van der Waals surface area contributed by atoms with Gasteiger partial charge in [0.2, 0.25) is 0 Å². The fraction of sp³-hybridized carbons (Fsp3) is 0.125. The van der Waals surface area contributed by atoms with E-state index >= 15 is 0 Å². The third kappa shape index (κ3) is 4.31. The Morgan fingerprint density at radius 2 is 2.09 bits per heavy atom. The monoisotopic (exact) mass is 302 g/mol. The first kappa shape index (κ1) is 15.5. The summed E-state index contributed by atoms with van der Waals surface area (Å²) in [7, 11) is 0. The van der Waals surface area contributed by atoms with E-state index in [0.717, 1.165) is 0 Å². The van der Waals surface area contributed by atoms with E-state index in [4.69, 9.17) is 4.74 Å². The Labute approximate surface area is 127 Å². The molecule has 0 bridgehead atoms. The van der Waals surface area contributed by atoms with Crippen molar-refractivity contribution in [3.05, 3.63) is 59.9 Å². The Hall–Kier alpha value is -2.89. The van der Waals surface area contributed by atoms with Gasteiger partial charge in [-0.05, 0) is 31.2 Å². The number of phenolic OH excluding ortho intramolecular Hbond substituents is 1. The molecule has 0 aromatic heterocycles. The minimum absolute atomic E-state index is 0.0598. The number of rotatable bonds is 5. The van der Waals surface area contributed by atoms with E-state index in [9.17, 15) is 14.3 Å². The molecule has 6 heteroatoms. The highest BCUT2D eigenvalue weighted by Crippen LogP contribution is 2.14. The zero-order valence-electron chi connectivity index (χ0n) is 11.9. The molecule has 0 aliphatic carbocycles. The molecule has 22 heavy (non-hydrogen) atoms. The van der Waals surface area contributed by atoms with Gasteiger partial charge in [0.05, 0.1) is 6.21 Å². The lowest BCUT2D eigenvalue weighted by Crippen LogP contribution is -2.33. The number of benzene rings is 2. The highest BCUT2D eigenvalue weighted by molar-refractivity contribution is 5.86. The SMILES string of the molecule is C[C@@H](Oc1cccc(F)c1)C(=O)NN=Cc1ccccc1O. The van der Waals surface area contributed by atoms with E-state index in [-0.39, 0.29) is 11.5 Å². The number of halogens is 1. The lowest BCUT2D eigenvalue weighted by atomic mass is 10.2. The number of hydrogen-bond donors (Lipinski definition) is 2. The van der Waals surface area contributed by atoms with Crippen molar-refractivity contribution < 1.29 is 19.0 Å². The molecule has 2 aromatic rings. The van der Waals surface area contributed by atoms with Gasteiger partial charge < -0.3 is 9.84 Å². The van der Waals surface area contributed by atoms with Crippen molar-refractivity contribution in [2.24, 2.45) is 5.10 Å². The number of aromatic hydroxyl groups is 1. The summed E-state index contributed by atoms with van der Waals surface area (Å²) in [5, 5.41) is 13.3. The number of amides is 1. The van der Waals surface area contributed by atoms with Crippen molar-refractivity contribution in [2.45, 2.75) is 13.0 Å². The van der Waals surface area contributed by atoms with E-state index < -0.39 is 17.8 Å². The van der Waals surface area contributed by atoms with Crippen molar-refractivity contribution in [1.82, 2.24) is 5.43 Å². The molecule has 0 unspecified atom stereocenters. The van der Waals surface area contributed by atoms with Gasteiger partial charge in [0.15, 0.2) is 6.10 Å². The summed E-state index contributed by atoms with van der Waals surface area (Å²) in [5.74, 6) is -0.615. The van der Waals surface area contributed by atoms with Crippen LogP contribution in [-0.4, -0.2) is 23.3 Å². The fourth-order valence-corrected chi connectivity index (χ4v) is 1.65. The maximum Gasteiger partial charge on any atom is 0.280 e. The first-order chi connectivity index (χ1) is 10.6. The number of para-hydroxylation sites is 1. The molecule has 114 valence electrons. The van der Waals surface area contributed by atoms with Crippen LogP contribution < -0.4 is 10.2 Å². The van der Waals surface area contributed by atoms with Crippen molar-refractivity contribution >= 4 is 12.1 Å². The highest BCUT2D eigenvalue weighted by Gasteiger charge is 2.14. The molecule has 2 aromatic carbocycles. The van der Waals surface area contributed by atoms with Crippen molar-refractivity contribution in [1.29, 1.82) is 0 Å². The van der Waals surface area contributed by atoms with Crippen molar-refractivity contribution in [3.8, 4) is 11.5 Å². The fourth-order valence-electron chi connectivity index (χ4n) is 1.65. The summed E-state index contributed by atoms with van der Waals surface area (Å²) >= 11 is 0. The topological polar surface area (TPSA) is 70.9 Å². The number of hydrogen-bond acceptors (Lipinski definition) is 4. The molecule has 0 aliphatic rings. The summed E-state index contributed by atoms with van der Waals surface area (Å²) in [5.41, 5.74) is 2.77. The molecular formula is C16H15FN2O3. The molecule has 0 saturated carbocycles. The number of hydrazone groups is 1. The average Bonchev–Trinajstić information content (AvgIpc) is 2.49. The maximum absolute atomic E-state index is 13.0. The molecule has 0 radical (unpaired) electrons. The Bertz CT molecular complexity index is 689. The number of nitrogens with one attached hydrogen (secondary N) is 1. The summed E-state index contributed by atoms with van der Waals surface area (Å²) in [4.78, 5) is 11.8. The second-order valence-electron chi connectivity index (χ2n) is 4.51. The molecule has 0 aliphatic heterocycles. The zero-order chi connectivity index (χ0) is 15.9. The van der Waals surface area contributed by atoms with Crippen molar-refractivity contribution in [2.75, 3.05) is 0 Å². The molecule has 1 amide bonds. The summed E-state index contributed by atoms with van der Waals surface area (Å²) < 4.78 is 18.3. The quantitative estimate of drug-likeness (QED) is 0.658. The molecule has 0 fully saturated rings. The van der Waals surface area contributed by atoms with E-state index in [1.54, 1.807) is 24.3 Å². The van der Waals surface area contributed by atoms with Crippen LogP contribution in [0.5, 0.6) is 11.5 Å². The van der Waals surface area contributed by atoms with Crippen LogP contribution in [0.4, 0.5) is 4.39 Å². The minimum Gasteiger partial charge on any atom is -0.507 e. The number of ether oxygens (including phenoxy) is 1. The summed E-state index contributed by atoms with van der Waals surface area (Å²) in [6.07, 6.45) is 0.477. The minimum atomic E-state index is -0.844. The lowest BCUT2D eigenvalue weighted by Gasteiger charge is -2.12. The second-order valence-corrected chi connectivity index (χ2v) is 4.51. The standard InChI is InChI=1S/C16H15FN2O3/c1-11(22-14-7-4-6-13(17)9-14)16(21)19-18-10-12-5-2-3-8-15(12)20/h2-11,20H,1H3,(H,19,21)/t11-/m1/s1. The summed E-state index contributed by atoms with van der Waals surface area (Å²) in [6.45, 7) is 1.52. The van der Waals surface area contributed by atoms with Crippen molar-refractivity contribution in [3.63, 3.8) is 0 Å². The van der Waals surface area contributed by atoms with Crippen LogP contribution in [0, 0.1) is 5.82 Å². The van der Waals surface area contributed by atoms with Crippen LogP contribution >= 0.6 is 0 Å². The van der Waals surface area contributed by atoms with Gasteiger partial charge in [-0.15, -0.1) is 0 Å². The van der Waals surface area contributed by atoms with Gasteiger partial charge in [0.1, 0.15) is 17.3 Å². The first-order valence-corrected chi connectivity index (χ1v) is 6.59. The smallest absolute Gasteiger partial charge is 0.280 e. The molecular weight excluding hydrogens is 287 g/mol. The first-order valence-electron chi connectivity index (χ1n) is 6.59. The number of phenols is 1. The Kier molecular flexibility index (Phi) is 5.08. The molecule has 0 spiro atoms.